The number of anilines is 1. The summed E-state index contributed by atoms with van der Waals surface area (Å²) in [4.78, 5) is 22.2. The topological polar surface area (TPSA) is 84.9 Å². The van der Waals surface area contributed by atoms with Gasteiger partial charge in [0.15, 0.2) is 6.10 Å². The van der Waals surface area contributed by atoms with Gasteiger partial charge in [0.25, 0.3) is 0 Å². The van der Waals surface area contributed by atoms with E-state index in [4.69, 9.17) is 14.6 Å². The zero-order valence-electron chi connectivity index (χ0n) is 12.5. The molecule has 6 nitrogen and oxygen atoms in total. The van der Waals surface area contributed by atoms with Crippen molar-refractivity contribution in [3.63, 3.8) is 0 Å². The van der Waals surface area contributed by atoms with Crippen LogP contribution in [0, 0.1) is 10.7 Å². The fourth-order valence-electron chi connectivity index (χ4n) is 1.69. The highest BCUT2D eigenvalue weighted by atomic mass is 127. The molecule has 0 saturated carbocycles. The first-order valence-electron chi connectivity index (χ1n) is 6.70. The van der Waals surface area contributed by atoms with E-state index < -0.39 is 12.1 Å². The lowest BCUT2D eigenvalue weighted by molar-refractivity contribution is -0.150. The summed E-state index contributed by atoms with van der Waals surface area (Å²) < 4.78 is 13.6. The van der Waals surface area contributed by atoms with Crippen LogP contribution in [0.1, 0.15) is 20.3 Å². The molecule has 9 heteroatoms. The Hall–Kier alpha value is 0.110. The minimum Gasteiger partial charge on any atom is -0.489 e. The summed E-state index contributed by atoms with van der Waals surface area (Å²) in [5.74, 6) is -0.468. The van der Waals surface area contributed by atoms with E-state index in [-0.39, 0.29) is 19.1 Å². The summed E-state index contributed by atoms with van der Waals surface area (Å²) in [5.41, 5.74) is 0.715. The second kappa shape index (κ2) is 10.2. The summed E-state index contributed by atoms with van der Waals surface area (Å²) >= 11 is 6.45. The van der Waals surface area contributed by atoms with Gasteiger partial charge < -0.3 is 19.9 Å². The molecule has 1 aromatic rings. The van der Waals surface area contributed by atoms with Crippen LogP contribution >= 0.6 is 67.8 Å². The van der Waals surface area contributed by atoms with Gasteiger partial charge in [-0.15, -0.1) is 0 Å². The number of amides is 1. The number of carbonyl (C=O) groups is 2. The average Bonchev–Trinajstić information content (AvgIpc) is 2.45. The van der Waals surface area contributed by atoms with Crippen LogP contribution in [0.15, 0.2) is 6.07 Å². The molecule has 1 aromatic carbocycles. The molecule has 0 fully saturated rings. The van der Waals surface area contributed by atoms with Crippen molar-refractivity contribution < 1.29 is 24.2 Å². The molecule has 0 aromatic heterocycles. The normalized spacial score (nSPS) is 11.9. The predicted molar refractivity (Wildman–Crippen MR) is 112 cm³/mol. The van der Waals surface area contributed by atoms with Crippen molar-refractivity contribution in [2.24, 2.45) is 0 Å². The Bertz CT molecular complexity index is 594. The second-order valence-electron chi connectivity index (χ2n) is 4.49. The number of aliphatic carboxylic acids is 1. The van der Waals surface area contributed by atoms with E-state index in [1.165, 1.54) is 6.92 Å². The van der Waals surface area contributed by atoms with Crippen molar-refractivity contribution in [2.75, 3.05) is 18.5 Å². The summed E-state index contributed by atoms with van der Waals surface area (Å²) in [7, 11) is 0. The van der Waals surface area contributed by atoms with Crippen LogP contribution in [-0.4, -0.2) is 36.3 Å². The van der Waals surface area contributed by atoms with Crippen LogP contribution in [0.3, 0.4) is 0 Å². The molecule has 1 amide bonds. The van der Waals surface area contributed by atoms with E-state index in [1.54, 1.807) is 6.92 Å². The average molecular weight is 659 g/mol. The molecule has 23 heavy (non-hydrogen) atoms. The Kier molecular flexibility index (Phi) is 9.36. The van der Waals surface area contributed by atoms with Gasteiger partial charge in [0.1, 0.15) is 12.4 Å². The zero-order valence-corrected chi connectivity index (χ0v) is 19.0. The fourth-order valence-corrected chi connectivity index (χ4v) is 5.65. The van der Waals surface area contributed by atoms with Crippen LogP contribution in [0.2, 0.25) is 0 Å². The van der Waals surface area contributed by atoms with Crippen LogP contribution in [0.5, 0.6) is 5.75 Å². The molecule has 1 unspecified atom stereocenters. The number of benzene rings is 1. The number of hydrogen-bond donors (Lipinski definition) is 2. The van der Waals surface area contributed by atoms with Gasteiger partial charge in [-0.05, 0) is 80.3 Å². The molecule has 0 spiro atoms. The number of hydrogen-bond acceptors (Lipinski definition) is 4. The third-order valence-corrected chi connectivity index (χ3v) is 5.41. The van der Waals surface area contributed by atoms with Crippen LogP contribution in [-0.2, 0) is 14.3 Å². The number of rotatable bonds is 8. The van der Waals surface area contributed by atoms with E-state index in [1.807, 2.05) is 6.07 Å². The second-order valence-corrected chi connectivity index (χ2v) is 7.90. The number of nitrogens with one attached hydrogen (secondary N) is 1. The highest BCUT2D eigenvalue weighted by Crippen LogP contribution is 2.36. The largest absolute Gasteiger partial charge is 0.489 e. The highest BCUT2D eigenvalue weighted by Gasteiger charge is 2.18. The predicted octanol–water partition coefficient (Wildman–Crippen LogP) is 3.72. The van der Waals surface area contributed by atoms with Crippen LogP contribution in [0.25, 0.3) is 0 Å². The molecule has 1 rings (SSSR count). The van der Waals surface area contributed by atoms with E-state index >= 15 is 0 Å². The zero-order chi connectivity index (χ0) is 17.6. The van der Waals surface area contributed by atoms with Gasteiger partial charge in [0, 0.05) is 10.5 Å². The Morgan fingerprint density at radius 2 is 1.91 bits per heavy atom. The number of ether oxygens (including phenoxy) is 2. The van der Waals surface area contributed by atoms with E-state index in [9.17, 15) is 9.59 Å². The summed E-state index contributed by atoms with van der Waals surface area (Å²) in [5, 5.41) is 11.7. The lowest BCUT2D eigenvalue weighted by Crippen LogP contribution is -2.25. The van der Waals surface area contributed by atoms with E-state index in [0.717, 1.165) is 10.7 Å². The van der Waals surface area contributed by atoms with Gasteiger partial charge >= 0.3 is 5.97 Å². The van der Waals surface area contributed by atoms with E-state index in [0.29, 0.717) is 17.9 Å². The minimum absolute atomic E-state index is 0.149. The molecule has 0 radical (unpaired) electrons. The first-order valence-corrected chi connectivity index (χ1v) is 9.93. The summed E-state index contributed by atoms with van der Waals surface area (Å²) in [6, 6.07) is 1.91. The molecule has 0 saturated heterocycles. The van der Waals surface area contributed by atoms with Gasteiger partial charge in [-0.2, -0.15) is 0 Å². The highest BCUT2D eigenvalue weighted by molar-refractivity contribution is 14.1. The lowest BCUT2D eigenvalue weighted by atomic mass is 10.3. The first kappa shape index (κ1) is 21.2. The van der Waals surface area contributed by atoms with Crippen molar-refractivity contribution in [2.45, 2.75) is 26.4 Å². The molecule has 0 aliphatic carbocycles. The van der Waals surface area contributed by atoms with Gasteiger partial charge in [0.2, 0.25) is 5.91 Å². The number of halogens is 3. The quantitative estimate of drug-likeness (QED) is 0.329. The van der Waals surface area contributed by atoms with Gasteiger partial charge in [-0.1, -0.05) is 6.92 Å². The molecule has 0 aliphatic rings. The van der Waals surface area contributed by atoms with Crippen LogP contribution < -0.4 is 10.1 Å². The molecular weight excluding hydrogens is 643 g/mol. The fraction of sp³-hybridized carbons (Fsp3) is 0.429. The Labute approximate surface area is 175 Å². The van der Waals surface area contributed by atoms with Crippen molar-refractivity contribution in [1.82, 2.24) is 0 Å². The first-order chi connectivity index (χ1) is 10.8. The molecular formula is C14H16I3NO5. The number of carboxylic acid groups (broad SMARTS) is 1. The van der Waals surface area contributed by atoms with Crippen LogP contribution in [0.4, 0.5) is 5.69 Å². The maximum atomic E-state index is 11.3. The van der Waals surface area contributed by atoms with Gasteiger partial charge in [0.05, 0.1) is 19.4 Å². The maximum absolute atomic E-state index is 11.3. The summed E-state index contributed by atoms with van der Waals surface area (Å²) in [6.45, 7) is 3.62. The number of carbonyl (C=O) groups excluding carboxylic acids is 1. The molecule has 128 valence electrons. The SMILES string of the molecule is CCC(OCCOc1c(I)cc(I)c(NC(C)=O)c1I)C(=O)O. The standard InChI is InChI=1S/C14H16I3NO5/c1-3-10(14(20)21)22-4-5-23-13-9(16)6-8(15)12(11(13)17)18-7(2)19/h6,10H,3-5H2,1-2H3,(H,18,19)(H,20,21). The number of carboxylic acids is 1. The monoisotopic (exact) mass is 659 g/mol. The third-order valence-electron chi connectivity index (χ3n) is 2.72. The maximum Gasteiger partial charge on any atom is 0.332 e. The van der Waals surface area contributed by atoms with Crippen molar-refractivity contribution in [3.05, 3.63) is 16.8 Å². The van der Waals surface area contributed by atoms with Gasteiger partial charge in [-0.3, -0.25) is 4.79 Å². The molecule has 0 aliphatic heterocycles. The third kappa shape index (κ3) is 6.49. The molecule has 2 N–H and O–H groups in total. The molecule has 0 bridgehead atoms. The smallest absolute Gasteiger partial charge is 0.332 e. The lowest BCUT2D eigenvalue weighted by Gasteiger charge is -2.16. The van der Waals surface area contributed by atoms with Gasteiger partial charge in [-0.25, -0.2) is 4.79 Å². The Morgan fingerprint density at radius 3 is 2.43 bits per heavy atom. The summed E-state index contributed by atoms with van der Waals surface area (Å²) in [6.07, 6.45) is -0.413. The Morgan fingerprint density at radius 1 is 1.26 bits per heavy atom. The molecule has 1 atom stereocenters. The Balaban J connectivity index is 2.77. The van der Waals surface area contributed by atoms with E-state index in [2.05, 4.69) is 73.1 Å². The van der Waals surface area contributed by atoms with Crippen molar-refractivity contribution >= 4 is 85.3 Å². The van der Waals surface area contributed by atoms with Crippen molar-refractivity contribution in [3.8, 4) is 5.75 Å². The van der Waals surface area contributed by atoms with Crippen molar-refractivity contribution in [1.29, 1.82) is 0 Å². The minimum atomic E-state index is -0.973. The molecule has 0 heterocycles.